The molecule has 5 heteroatoms. The number of hydrogen-bond donors (Lipinski definition) is 2. The van der Waals surface area contributed by atoms with E-state index >= 15 is 0 Å². The molecule has 24 heavy (non-hydrogen) atoms. The molecule has 0 bridgehead atoms. The standard InChI is InChI=1S/C19H18N4S/c1-12-11-24-19(21-12)23-18(16-9-5-6-10-20-16)17-13(2)22-15-8-4-3-7-14(15)17/h3-11,18,22H,1-2H3,(H,21,23). The van der Waals surface area contributed by atoms with Gasteiger partial charge < -0.3 is 10.3 Å². The van der Waals surface area contributed by atoms with Crippen LogP contribution in [0.1, 0.15) is 28.7 Å². The summed E-state index contributed by atoms with van der Waals surface area (Å²) in [5.41, 5.74) is 5.52. The number of rotatable bonds is 4. The Morgan fingerprint density at radius 2 is 1.92 bits per heavy atom. The van der Waals surface area contributed by atoms with Crippen molar-refractivity contribution in [3.05, 3.63) is 76.7 Å². The molecule has 0 saturated carbocycles. The van der Waals surface area contributed by atoms with Crippen molar-refractivity contribution in [3.8, 4) is 0 Å². The SMILES string of the molecule is Cc1csc(NC(c2ccccn2)c2c(C)[nH]c3ccccc23)n1. The van der Waals surface area contributed by atoms with Gasteiger partial charge in [-0.2, -0.15) is 0 Å². The monoisotopic (exact) mass is 334 g/mol. The summed E-state index contributed by atoms with van der Waals surface area (Å²) in [6.45, 7) is 4.12. The van der Waals surface area contributed by atoms with Crippen LogP contribution in [0.25, 0.3) is 10.9 Å². The van der Waals surface area contributed by atoms with Gasteiger partial charge in [0.25, 0.3) is 0 Å². The second kappa shape index (κ2) is 6.09. The van der Waals surface area contributed by atoms with Crippen molar-refractivity contribution in [3.63, 3.8) is 0 Å². The molecule has 3 heterocycles. The van der Waals surface area contributed by atoms with E-state index in [1.165, 1.54) is 10.9 Å². The number of thiazole rings is 1. The lowest BCUT2D eigenvalue weighted by Gasteiger charge is -2.18. The van der Waals surface area contributed by atoms with E-state index in [1.807, 2.05) is 25.3 Å². The van der Waals surface area contributed by atoms with Gasteiger partial charge in [0.2, 0.25) is 0 Å². The number of H-pyrrole nitrogens is 1. The highest BCUT2D eigenvalue weighted by atomic mass is 32.1. The molecule has 4 nitrogen and oxygen atoms in total. The summed E-state index contributed by atoms with van der Waals surface area (Å²) in [6, 6.07) is 14.3. The quantitative estimate of drug-likeness (QED) is 0.561. The van der Waals surface area contributed by atoms with E-state index in [0.29, 0.717) is 0 Å². The Hall–Kier alpha value is -2.66. The third-order valence-electron chi connectivity index (χ3n) is 4.10. The maximum Gasteiger partial charge on any atom is 0.183 e. The zero-order chi connectivity index (χ0) is 16.5. The molecule has 1 unspecified atom stereocenters. The Balaban J connectivity index is 1.87. The van der Waals surface area contributed by atoms with Gasteiger partial charge in [-0.25, -0.2) is 4.98 Å². The number of aryl methyl sites for hydroxylation is 2. The molecule has 0 amide bonds. The summed E-state index contributed by atoms with van der Waals surface area (Å²) >= 11 is 1.62. The van der Waals surface area contributed by atoms with E-state index in [4.69, 9.17) is 0 Å². The zero-order valence-corrected chi connectivity index (χ0v) is 14.4. The molecule has 1 atom stereocenters. The second-order valence-corrected chi connectivity index (χ2v) is 6.69. The Kier molecular flexibility index (Phi) is 3.78. The Labute approximate surface area is 144 Å². The molecule has 0 aliphatic carbocycles. The number of hydrogen-bond acceptors (Lipinski definition) is 4. The van der Waals surface area contributed by atoms with Crippen LogP contribution in [0.2, 0.25) is 0 Å². The third kappa shape index (κ3) is 2.67. The van der Waals surface area contributed by atoms with E-state index in [0.717, 1.165) is 27.7 Å². The van der Waals surface area contributed by atoms with Crippen LogP contribution in [0.4, 0.5) is 5.13 Å². The van der Waals surface area contributed by atoms with Gasteiger partial charge in [0.1, 0.15) is 0 Å². The number of benzene rings is 1. The number of nitrogens with one attached hydrogen (secondary N) is 2. The van der Waals surface area contributed by atoms with Gasteiger partial charge in [0, 0.05) is 33.7 Å². The average Bonchev–Trinajstić information content (AvgIpc) is 3.16. The van der Waals surface area contributed by atoms with E-state index in [1.54, 1.807) is 11.3 Å². The Morgan fingerprint density at radius 1 is 1.08 bits per heavy atom. The van der Waals surface area contributed by atoms with Gasteiger partial charge in [0.15, 0.2) is 5.13 Å². The molecule has 0 aliphatic rings. The van der Waals surface area contributed by atoms with Crippen molar-refractivity contribution in [1.29, 1.82) is 0 Å². The van der Waals surface area contributed by atoms with Crippen molar-refractivity contribution < 1.29 is 0 Å². The molecule has 2 N–H and O–H groups in total. The number of aromatic amines is 1. The van der Waals surface area contributed by atoms with Crippen LogP contribution in [0, 0.1) is 13.8 Å². The van der Waals surface area contributed by atoms with E-state index in [2.05, 4.69) is 62.9 Å². The van der Waals surface area contributed by atoms with Gasteiger partial charge in [-0.1, -0.05) is 24.3 Å². The zero-order valence-electron chi connectivity index (χ0n) is 13.6. The molecule has 120 valence electrons. The minimum absolute atomic E-state index is 0.0482. The molecule has 1 aromatic carbocycles. The van der Waals surface area contributed by atoms with E-state index < -0.39 is 0 Å². The van der Waals surface area contributed by atoms with E-state index in [9.17, 15) is 0 Å². The van der Waals surface area contributed by atoms with Crippen LogP contribution in [-0.4, -0.2) is 15.0 Å². The number of fused-ring (bicyclic) bond motifs is 1. The third-order valence-corrected chi connectivity index (χ3v) is 4.99. The molecular weight excluding hydrogens is 316 g/mol. The number of nitrogens with zero attached hydrogens (tertiary/aromatic N) is 2. The van der Waals surface area contributed by atoms with Crippen LogP contribution in [0.15, 0.2) is 54.0 Å². The van der Waals surface area contributed by atoms with Gasteiger partial charge >= 0.3 is 0 Å². The molecule has 0 radical (unpaired) electrons. The summed E-state index contributed by atoms with van der Waals surface area (Å²) in [6.07, 6.45) is 1.83. The summed E-state index contributed by atoms with van der Waals surface area (Å²) in [5.74, 6) is 0. The molecule has 0 aliphatic heterocycles. The summed E-state index contributed by atoms with van der Waals surface area (Å²) in [7, 11) is 0. The maximum absolute atomic E-state index is 4.59. The highest BCUT2D eigenvalue weighted by molar-refractivity contribution is 7.13. The molecule has 0 spiro atoms. The van der Waals surface area contributed by atoms with Crippen molar-refractivity contribution in [2.45, 2.75) is 19.9 Å². The van der Waals surface area contributed by atoms with Crippen molar-refractivity contribution in [2.24, 2.45) is 0 Å². The average molecular weight is 334 g/mol. The smallest absolute Gasteiger partial charge is 0.183 e. The fourth-order valence-corrected chi connectivity index (χ4v) is 3.77. The van der Waals surface area contributed by atoms with Gasteiger partial charge in [-0.05, 0) is 32.0 Å². The normalized spacial score (nSPS) is 12.4. The second-order valence-electron chi connectivity index (χ2n) is 5.84. The molecular formula is C19H18N4S. The molecule has 3 aromatic heterocycles. The summed E-state index contributed by atoms with van der Waals surface area (Å²) in [5, 5.41) is 7.76. The minimum Gasteiger partial charge on any atom is -0.358 e. The lowest BCUT2D eigenvalue weighted by Crippen LogP contribution is -2.14. The fourth-order valence-electron chi connectivity index (χ4n) is 3.05. The Bertz CT molecular complexity index is 971. The van der Waals surface area contributed by atoms with Crippen molar-refractivity contribution in [2.75, 3.05) is 5.32 Å². The maximum atomic E-state index is 4.59. The largest absolute Gasteiger partial charge is 0.358 e. The van der Waals surface area contributed by atoms with Gasteiger partial charge in [-0.15, -0.1) is 11.3 Å². The van der Waals surface area contributed by atoms with Crippen LogP contribution in [0.5, 0.6) is 0 Å². The first-order valence-corrected chi connectivity index (χ1v) is 8.77. The van der Waals surface area contributed by atoms with Gasteiger partial charge in [-0.3, -0.25) is 4.98 Å². The van der Waals surface area contributed by atoms with Gasteiger partial charge in [0.05, 0.1) is 17.4 Å². The van der Waals surface area contributed by atoms with Crippen molar-refractivity contribution >= 4 is 27.4 Å². The molecule has 4 aromatic rings. The first kappa shape index (κ1) is 14.9. The van der Waals surface area contributed by atoms with E-state index in [-0.39, 0.29) is 6.04 Å². The molecule has 0 saturated heterocycles. The Morgan fingerprint density at radius 3 is 2.67 bits per heavy atom. The predicted octanol–water partition coefficient (Wildman–Crippen LogP) is 4.84. The van der Waals surface area contributed by atoms with Crippen molar-refractivity contribution in [1.82, 2.24) is 15.0 Å². The molecule has 0 fully saturated rings. The summed E-state index contributed by atoms with van der Waals surface area (Å²) < 4.78 is 0. The number of para-hydroxylation sites is 1. The fraction of sp³-hybridized carbons (Fsp3) is 0.158. The van der Waals surface area contributed by atoms with Crippen LogP contribution in [0.3, 0.4) is 0 Å². The minimum atomic E-state index is -0.0482. The van der Waals surface area contributed by atoms with Crippen LogP contribution in [-0.2, 0) is 0 Å². The first-order chi connectivity index (χ1) is 11.7. The highest BCUT2D eigenvalue weighted by Gasteiger charge is 2.22. The van der Waals surface area contributed by atoms with Crippen LogP contribution < -0.4 is 5.32 Å². The number of aromatic nitrogens is 3. The lowest BCUT2D eigenvalue weighted by atomic mass is 10.00. The van der Waals surface area contributed by atoms with Crippen LogP contribution >= 0.6 is 11.3 Å². The highest BCUT2D eigenvalue weighted by Crippen LogP contribution is 2.34. The summed E-state index contributed by atoms with van der Waals surface area (Å²) in [4.78, 5) is 12.6. The number of anilines is 1. The molecule has 4 rings (SSSR count). The number of pyridine rings is 1. The lowest BCUT2D eigenvalue weighted by molar-refractivity contribution is 0.880. The topological polar surface area (TPSA) is 53.6 Å². The predicted molar refractivity (Wildman–Crippen MR) is 99.6 cm³/mol. The first-order valence-electron chi connectivity index (χ1n) is 7.89.